The number of unbranched alkanes of at least 4 members (excludes halogenated alkanes) is 25. The number of rotatable bonds is 49. The summed E-state index contributed by atoms with van der Waals surface area (Å²) in [4.78, 5) is 26.2. The van der Waals surface area contributed by atoms with Gasteiger partial charge in [-0.1, -0.05) is 235 Å². The highest BCUT2D eigenvalue weighted by atomic mass is 16.5. The number of hydrogen-bond acceptors (Lipinski definition) is 5. The smallest absolute Gasteiger partial charge is 0.306 e. The monoisotopic (exact) mass is 908 g/mol. The summed E-state index contributed by atoms with van der Waals surface area (Å²) in [5.74, 6) is -0.531. The Morgan fingerprint density at radius 3 is 1.32 bits per heavy atom. The van der Waals surface area contributed by atoms with Gasteiger partial charge in [-0.3, -0.25) is 9.59 Å². The van der Waals surface area contributed by atoms with E-state index in [2.05, 4.69) is 99.0 Å². The molecule has 3 atom stereocenters. The molecule has 0 saturated carbocycles. The second-order valence-electron chi connectivity index (χ2n) is 18.6. The summed E-state index contributed by atoms with van der Waals surface area (Å²) in [6.07, 6.45) is 66.8. The molecule has 6 heteroatoms. The van der Waals surface area contributed by atoms with Crippen molar-refractivity contribution in [2.45, 2.75) is 283 Å². The molecule has 3 N–H and O–H groups in total. The summed E-state index contributed by atoms with van der Waals surface area (Å²) in [6.45, 7) is 6.34. The van der Waals surface area contributed by atoms with Crippen LogP contribution in [0.5, 0.6) is 0 Å². The summed E-state index contributed by atoms with van der Waals surface area (Å²) in [5.41, 5.74) is 0. The van der Waals surface area contributed by atoms with E-state index in [1.807, 2.05) is 0 Å². The third-order valence-electron chi connectivity index (χ3n) is 12.3. The van der Waals surface area contributed by atoms with Gasteiger partial charge in [0.05, 0.1) is 25.2 Å². The van der Waals surface area contributed by atoms with Crippen LogP contribution in [0.25, 0.3) is 0 Å². The molecule has 0 aliphatic rings. The zero-order valence-corrected chi connectivity index (χ0v) is 42.9. The zero-order chi connectivity index (χ0) is 47.4. The minimum absolute atomic E-state index is 0.0364. The Labute approximate surface area is 402 Å². The second-order valence-corrected chi connectivity index (χ2v) is 18.6. The van der Waals surface area contributed by atoms with E-state index in [1.165, 1.54) is 135 Å². The van der Waals surface area contributed by atoms with Gasteiger partial charge in [0.25, 0.3) is 0 Å². The second kappa shape index (κ2) is 52.3. The molecule has 0 fully saturated rings. The minimum Gasteiger partial charge on any atom is -0.462 e. The normalized spacial score (nSPS) is 13.7. The van der Waals surface area contributed by atoms with Crippen LogP contribution in [-0.2, 0) is 14.3 Å². The lowest BCUT2D eigenvalue weighted by Gasteiger charge is -2.24. The summed E-state index contributed by atoms with van der Waals surface area (Å²) >= 11 is 0. The van der Waals surface area contributed by atoms with E-state index in [1.54, 1.807) is 0 Å². The van der Waals surface area contributed by atoms with Crippen molar-refractivity contribution in [3.8, 4) is 0 Å². The highest BCUT2D eigenvalue weighted by Gasteiger charge is 2.24. The number of carbonyl (C=O) groups excluding carboxylic acids is 2. The van der Waals surface area contributed by atoms with Crippen LogP contribution in [0.2, 0.25) is 0 Å². The van der Waals surface area contributed by atoms with Crippen molar-refractivity contribution in [2.75, 3.05) is 6.61 Å². The van der Waals surface area contributed by atoms with Crippen LogP contribution in [-0.4, -0.2) is 46.9 Å². The van der Waals surface area contributed by atoms with Crippen molar-refractivity contribution in [2.24, 2.45) is 0 Å². The van der Waals surface area contributed by atoms with E-state index < -0.39 is 18.2 Å². The van der Waals surface area contributed by atoms with E-state index >= 15 is 0 Å². The number of nitrogens with one attached hydrogen (secondary N) is 1. The van der Waals surface area contributed by atoms with Crippen molar-refractivity contribution in [3.63, 3.8) is 0 Å². The fourth-order valence-corrected chi connectivity index (χ4v) is 8.10. The predicted octanol–water partition coefficient (Wildman–Crippen LogP) is 17.0. The Bertz CT molecular complexity index is 1200. The topological polar surface area (TPSA) is 95.9 Å². The van der Waals surface area contributed by atoms with Crippen molar-refractivity contribution in [1.29, 1.82) is 0 Å². The molecule has 0 rings (SSSR count). The van der Waals surface area contributed by atoms with Gasteiger partial charge in [-0.05, 0) is 89.9 Å². The number of hydrogen-bond donors (Lipinski definition) is 3. The lowest BCUT2D eigenvalue weighted by atomic mass is 10.0. The maximum atomic E-state index is 13.2. The highest BCUT2D eigenvalue weighted by Crippen LogP contribution is 2.17. The first-order valence-corrected chi connectivity index (χ1v) is 27.7. The summed E-state index contributed by atoms with van der Waals surface area (Å²) in [7, 11) is 0. The molecular formula is C59H105NO5. The van der Waals surface area contributed by atoms with Gasteiger partial charge in [-0.2, -0.15) is 0 Å². The fourth-order valence-electron chi connectivity index (χ4n) is 8.10. The van der Waals surface area contributed by atoms with Crippen LogP contribution >= 0.6 is 0 Å². The van der Waals surface area contributed by atoms with Gasteiger partial charge in [0, 0.05) is 6.42 Å². The summed E-state index contributed by atoms with van der Waals surface area (Å²) < 4.78 is 5.92. The molecule has 0 aliphatic carbocycles. The molecular weight excluding hydrogens is 803 g/mol. The van der Waals surface area contributed by atoms with E-state index in [0.717, 1.165) is 83.5 Å². The molecule has 6 nitrogen and oxygen atoms in total. The van der Waals surface area contributed by atoms with Gasteiger partial charge in [0.2, 0.25) is 5.91 Å². The zero-order valence-electron chi connectivity index (χ0n) is 42.9. The van der Waals surface area contributed by atoms with Gasteiger partial charge < -0.3 is 20.3 Å². The Morgan fingerprint density at radius 2 is 0.846 bits per heavy atom. The van der Waals surface area contributed by atoms with Gasteiger partial charge in [-0.15, -0.1) is 0 Å². The molecule has 0 radical (unpaired) electrons. The minimum atomic E-state index is -0.805. The van der Waals surface area contributed by atoms with Gasteiger partial charge in [0.15, 0.2) is 0 Å². The standard InChI is InChI=1S/C59H105NO5/c1-4-7-10-13-16-19-22-25-27-28-29-30-31-34-37-40-43-46-49-52-59(64)65-55(50-47-44-41-38-35-33-26-23-20-17-14-11-8-5-2)53-58(63)60-56(54-61)57(62)51-48-45-42-39-36-32-24-21-18-15-12-9-6-3/h8,11,16-17,19-20,25-27,33,38,41,55-57,61-62H,4-7,9-10,12-15,18,21-24,28-32,34-37,39-40,42-54H2,1-3H3,(H,60,63)/b11-8+,19-16-,20-17+,27-25-,33-26+,41-38+. The number of ether oxygens (including phenoxy) is 1. The number of aliphatic hydroxyl groups is 2. The predicted molar refractivity (Wildman–Crippen MR) is 282 cm³/mol. The Hall–Kier alpha value is -2.70. The highest BCUT2D eigenvalue weighted by molar-refractivity contribution is 5.77. The van der Waals surface area contributed by atoms with Crippen LogP contribution in [0.3, 0.4) is 0 Å². The summed E-state index contributed by atoms with van der Waals surface area (Å²) in [5, 5.41) is 23.8. The largest absolute Gasteiger partial charge is 0.462 e. The quantitative estimate of drug-likeness (QED) is 0.0321. The average molecular weight is 908 g/mol. The Kier molecular flexibility index (Phi) is 50.1. The van der Waals surface area contributed by atoms with Crippen molar-refractivity contribution in [1.82, 2.24) is 5.32 Å². The SMILES string of the molecule is CC/C=C/C/C=C/C/C=C/C/C=C/CCCC(CC(=O)NC(CO)C(O)CCCCCCCCCCCCCCC)OC(=O)CCCCCCCCCCC/C=C\C/C=C\CCCCC. The molecule has 0 aliphatic heterocycles. The molecule has 65 heavy (non-hydrogen) atoms. The first-order valence-electron chi connectivity index (χ1n) is 27.7. The third-order valence-corrected chi connectivity index (χ3v) is 12.3. The summed E-state index contributed by atoms with van der Waals surface area (Å²) in [6, 6.07) is -0.722. The Balaban J connectivity index is 4.61. The fraction of sp³-hybridized carbons (Fsp3) is 0.763. The average Bonchev–Trinajstić information content (AvgIpc) is 3.30. The number of carbonyl (C=O) groups is 2. The van der Waals surface area contributed by atoms with Crippen molar-refractivity contribution >= 4 is 11.9 Å². The van der Waals surface area contributed by atoms with Crippen LogP contribution in [0, 0.1) is 0 Å². The van der Waals surface area contributed by atoms with E-state index in [4.69, 9.17) is 4.74 Å². The van der Waals surface area contributed by atoms with Gasteiger partial charge >= 0.3 is 5.97 Å². The lowest BCUT2D eigenvalue weighted by molar-refractivity contribution is -0.151. The van der Waals surface area contributed by atoms with Crippen LogP contribution in [0.1, 0.15) is 265 Å². The molecule has 0 aromatic heterocycles. The maximum absolute atomic E-state index is 13.2. The third kappa shape index (κ3) is 47.6. The molecule has 3 unspecified atom stereocenters. The van der Waals surface area contributed by atoms with Crippen LogP contribution < -0.4 is 5.32 Å². The molecule has 0 aromatic rings. The number of amides is 1. The maximum Gasteiger partial charge on any atom is 0.306 e. The van der Waals surface area contributed by atoms with E-state index in [0.29, 0.717) is 19.3 Å². The first-order chi connectivity index (χ1) is 32.0. The van der Waals surface area contributed by atoms with Gasteiger partial charge in [0.1, 0.15) is 6.10 Å². The molecule has 376 valence electrons. The number of aliphatic hydroxyl groups excluding tert-OH is 2. The van der Waals surface area contributed by atoms with Crippen molar-refractivity contribution < 1.29 is 24.5 Å². The number of allylic oxidation sites excluding steroid dienone is 12. The van der Waals surface area contributed by atoms with Crippen LogP contribution in [0.15, 0.2) is 72.9 Å². The molecule has 0 aromatic carbocycles. The molecule has 1 amide bonds. The Morgan fingerprint density at radius 1 is 0.462 bits per heavy atom. The van der Waals surface area contributed by atoms with E-state index in [9.17, 15) is 19.8 Å². The van der Waals surface area contributed by atoms with Crippen LogP contribution in [0.4, 0.5) is 0 Å². The molecule has 0 saturated heterocycles. The van der Waals surface area contributed by atoms with E-state index in [-0.39, 0.29) is 24.9 Å². The number of esters is 1. The lowest BCUT2D eigenvalue weighted by Crippen LogP contribution is -2.46. The molecule has 0 spiro atoms. The molecule has 0 bridgehead atoms. The molecule has 0 heterocycles. The van der Waals surface area contributed by atoms with Crippen molar-refractivity contribution in [3.05, 3.63) is 72.9 Å². The van der Waals surface area contributed by atoms with Gasteiger partial charge in [-0.25, -0.2) is 0 Å². The first kappa shape index (κ1) is 62.3.